The molecule has 4 aliphatic rings. The van der Waals surface area contributed by atoms with Crippen LogP contribution in [0.15, 0.2) is 11.6 Å². The average molecular weight is 302 g/mol. The van der Waals surface area contributed by atoms with Gasteiger partial charge in [0.25, 0.3) is 0 Å². The van der Waals surface area contributed by atoms with Crippen molar-refractivity contribution in [2.75, 3.05) is 7.11 Å². The van der Waals surface area contributed by atoms with Crippen LogP contribution >= 0.6 is 0 Å². The number of allylic oxidation sites excluding steroid dienone is 1. The number of carbonyl (C=O) groups is 1. The fraction of sp³-hybridized carbons (Fsp3) is 0.850. The molecule has 0 radical (unpaired) electrons. The first kappa shape index (κ1) is 14.9. The minimum atomic E-state index is 0.309. The number of ether oxygens (including phenoxy) is 1. The van der Waals surface area contributed by atoms with Crippen molar-refractivity contribution in [2.45, 2.75) is 71.3 Å². The molecule has 0 spiro atoms. The molecule has 0 amide bonds. The summed E-state index contributed by atoms with van der Waals surface area (Å²) < 4.78 is 5.85. The summed E-state index contributed by atoms with van der Waals surface area (Å²) in [5.41, 5.74) is 2.19. The van der Waals surface area contributed by atoms with Crippen molar-refractivity contribution >= 4 is 5.78 Å². The summed E-state index contributed by atoms with van der Waals surface area (Å²) in [6.07, 6.45) is 12.1. The topological polar surface area (TPSA) is 26.3 Å². The predicted octanol–water partition coefficient (Wildman–Crippen LogP) is 4.53. The van der Waals surface area contributed by atoms with Crippen LogP contribution in [0.2, 0.25) is 0 Å². The van der Waals surface area contributed by atoms with Gasteiger partial charge in [0.15, 0.2) is 5.78 Å². The number of carbonyl (C=O) groups excluding carboxylic acids is 1. The third kappa shape index (κ3) is 1.85. The Labute approximate surface area is 134 Å². The number of fused-ring (bicyclic) bond motifs is 5. The summed E-state index contributed by atoms with van der Waals surface area (Å²) in [5, 5.41) is 0. The molecule has 1 unspecified atom stereocenters. The van der Waals surface area contributed by atoms with E-state index < -0.39 is 0 Å². The van der Waals surface area contributed by atoms with Crippen LogP contribution in [0.4, 0.5) is 0 Å². The van der Waals surface area contributed by atoms with Crippen LogP contribution in [0.5, 0.6) is 0 Å². The van der Waals surface area contributed by atoms with Crippen molar-refractivity contribution in [1.29, 1.82) is 0 Å². The molecule has 0 bridgehead atoms. The Bertz CT molecular complexity index is 522. The van der Waals surface area contributed by atoms with Gasteiger partial charge in [-0.2, -0.15) is 0 Å². The van der Waals surface area contributed by atoms with Gasteiger partial charge in [-0.25, -0.2) is 0 Å². The van der Waals surface area contributed by atoms with E-state index in [1.165, 1.54) is 37.7 Å². The first-order valence-electron chi connectivity index (χ1n) is 9.26. The van der Waals surface area contributed by atoms with Crippen LogP contribution in [-0.2, 0) is 9.53 Å². The van der Waals surface area contributed by atoms with Gasteiger partial charge >= 0.3 is 0 Å². The van der Waals surface area contributed by atoms with Gasteiger partial charge in [-0.1, -0.05) is 19.4 Å². The van der Waals surface area contributed by atoms with Crippen LogP contribution in [0, 0.1) is 28.6 Å². The number of ketones is 1. The van der Waals surface area contributed by atoms with Gasteiger partial charge in [-0.15, -0.1) is 0 Å². The highest BCUT2D eigenvalue weighted by molar-refractivity contribution is 5.91. The molecule has 0 aliphatic heterocycles. The maximum Gasteiger partial charge on any atom is 0.155 e. The summed E-state index contributed by atoms with van der Waals surface area (Å²) >= 11 is 0. The van der Waals surface area contributed by atoms with Crippen molar-refractivity contribution in [2.24, 2.45) is 28.6 Å². The Morgan fingerprint density at radius 2 is 1.86 bits per heavy atom. The van der Waals surface area contributed by atoms with Crippen molar-refractivity contribution in [3.05, 3.63) is 11.6 Å². The molecule has 4 rings (SSSR count). The summed E-state index contributed by atoms with van der Waals surface area (Å²) in [7, 11) is 1.90. The molecule has 122 valence electrons. The lowest BCUT2D eigenvalue weighted by Gasteiger charge is -2.57. The third-order valence-corrected chi connectivity index (χ3v) is 8.16. The molecule has 22 heavy (non-hydrogen) atoms. The summed E-state index contributed by atoms with van der Waals surface area (Å²) in [6.45, 7) is 4.96. The number of rotatable bonds is 1. The van der Waals surface area contributed by atoms with E-state index >= 15 is 0 Å². The first-order valence-corrected chi connectivity index (χ1v) is 9.26. The minimum Gasteiger partial charge on any atom is -0.381 e. The molecule has 0 aromatic heterocycles. The van der Waals surface area contributed by atoms with E-state index in [4.69, 9.17) is 4.74 Å². The fourth-order valence-corrected chi connectivity index (χ4v) is 6.90. The molecule has 4 aliphatic carbocycles. The number of methoxy groups -OCH3 is 1. The molecule has 0 N–H and O–H groups in total. The molecule has 3 saturated carbocycles. The van der Waals surface area contributed by atoms with E-state index in [1.807, 2.05) is 13.2 Å². The highest BCUT2D eigenvalue weighted by Crippen LogP contribution is 2.65. The van der Waals surface area contributed by atoms with Crippen LogP contribution < -0.4 is 0 Å². The quantitative estimate of drug-likeness (QED) is 0.711. The Morgan fingerprint density at radius 1 is 1.05 bits per heavy atom. The summed E-state index contributed by atoms with van der Waals surface area (Å²) in [6, 6.07) is 0. The summed E-state index contributed by atoms with van der Waals surface area (Å²) in [5.74, 6) is 2.86. The van der Waals surface area contributed by atoms with Crippen molar-refractivity contribution in [3.63, 3.8) is 0 Å². The lowest BCUT2D eigenvalue weighted by atomic mass is 9.47. The van der Waals surface area contributed by atoms with E-state index in [1.54, 1.807) is 0 Å². The Hall–Kier alpha value is -0.630. The largest absolute Gasteiger partial charge is 0.381 e. The fourth-order valence-electron chi connectivity index (χ4n) is 6.90. The minimum absolute atomic E-state index is 0.309. The molecule has 2 heteroatoms. The molecular formula is C20H30O2. The van der Waals surface area contributed by atoms with Gasteiger partial charge in [0.05, 0.1) is 6.10 Å². The molecule has 6 atom stereocenters. The lowest BCUT2D eigenvalue weighted by Crippen LogP contribution is -2.51. The van der Waals surface area contributed by atoms with Gasteiger partial charge < -0.3 is 4.74 Å². The standard InChI is InChI=1S/C20H30O2/c1-19-10-8-14(21)12-13(19)4-5-15-16-6-7-18(22-3)20(16,2)11-9-17(15)19/h12,15-18H,4-11H2,1-3H3/t15-,16-,17+,18?,19-,20-/m0/s1. The average Bonchev–Trinajstić information content (AvgIpc) is 2.84. The monoisotopic (exact) mass is 302 g/mol. The molecule has 3 fully saturated rings. The van der Waals surface area contributed by atoms with Crippen LogP contribution in [-0.4, -0.2) is 19.0 Å². The van der Waals surface area contributed by atoms with Gasteiger partial charge in [0.1, 0.15) is 0 Å². The highest BCUT2D eigenvalue weighted by atomic mass is 16.5. The Morgan fingerprint density at radius 3 is 2.64 bits per heavy atom. The molecule has 0 saturated heterocycles. The predicted molar refractivity (Wildman–Crippen MR) is 87.5 cm³/mol. The Balaban J connectivity index is 1.67. The molecule has 0 heterocycles. The molecule has 0 aromatic carbocycles. The zero-order valence-electron chi connectivity index (χ0n) is 14.4. The van der Waals surface area contributed by atoms with Gasteiger partial charge in [0.2, 0.25) is 0 Å². The van der Waals surface area contributed by atoms with E-state index in [-0.39, 0.29) is 0 Å². The van der Waals surface area contributed by atoms with Crippen LogP contribution in [0.3, 0.4) is 0 Å². The summed E-state index contributed by atoms with van der Waals surface area (Å²) in [4.78, 5) is 11.8. The van der Waals surface area contributed by atoms with Crippen LogP contribution in [0.25, 0.3) is 0 Å². The van der Waals surface area contributed by atoms with E-state index in [0.717, 1.165) is 37.0 Å². The van der Waals surface area contributed by atoms with Gasteiger partial charge in [0, 0.05) is 13.5 Å². The molecule has 2 nitrogen and oxygen atoms in total. The first-order chi connectivity index (χ1) is 10.5. The molecular weight excluding hydrogens is 272 g/mol. The second-order valence-corrected chi connectivity index (χ2v) is 8.82. The lowest BCUT2D eigenvalue weighted by molar-refractivity contribution is -0.118. The van der Waals surface area contributed by atoms with E-state index in [9.17, 15) is 4.79 Å². The zero-order valence-corrected chi connectivity index (χ0v) is 14.4. The maximum absolute atomic E-state index is 11.8. The van der Waals surface area contributed by atoms with Gasteiger partial charge in [-0.3, -0.25) is 4.79 Å². The van der Waals surface area contributed by atoms with Crippen LogP contribution in [0.1, 0.15) is 65.2 Å². The Kier molecular flexibility index (Phi) is 3.35. The van der Waals surface area contributed by atoms with Crippen molar-refractivity contribution in [3.8, 4) is 0 Å². The second kappa shape index (κ2) is 4.93. The van der Waals surface area contributed by atoms with E-state index in [0.29, 0.717) is 22.7 Å². The zero-order chi connectivity index (χ0) is 15.5. The van der Waals surface area contributed by atoms with Gasteiger partial charge in [-0.05, 0) is 79.6 Å². The van der Waals surface area contributed by atoms with Crippen molar-refractivity contribution in [1.82, 2.24) is 0 Å². The number of hydrogen-bond acceptors (Lipinski definition) is 2. The SMILES string of the molecule is COC1CC[C@H]2[C@@H]3CCC4=CC(=O)CC[C@]4(C)[C@@H]3CC[C@]12C. The second-order valence-electron chi connectivity index (χ2n) is 8.82. The van der Waals surface area contributed by atoms with E-state index in [2.05, 4.69) is 13.8 Å². The molecule has 0 aromatic rings. The normalized spacial score (nSPS) is 50.9. The smallest absolute Gasteiger partial charge is 0.155 e. The maximum atomic E-state index is 11.8. The van der Waals surface area contributed by atoms with Crippen molar-refractivity contribution < 1.29 is 9.53 Å². The number of hydrogen-bond donors (Lipinski definition) is 0. The highest BCUT2D eigenvalue weighted by Gasteiger charge is 2.59. The third-order valence-electron chi connectivity index (χ3n) is 8.16.